The number of aliphatic carboxylic acids is 2. The smallest absolute Gasteiger partial charge is 0.756 e. The third-order valence-corrected chi connectivity index (χ3v) is 1.08. The van der Waals surface area contributed by atoms with Crippen LogP contribution in [0.2, 0.25) is 0 Å². The summed E-state index contributed by atoms with van der Waals surface area (Å²) in [6, 6.07) is 0. The van der Waals surface area contributed by atoms with Crippen LogP contribution in [0, 0.1) is 0 Å². The third kappa shape index (κ3) is 77.9. The molecular formula is C12H18LiO8P. The van der Waals surface area contributed by atoms with E-state index in [4.69, 9.17) is 29.5 Å². The second kappa shape index (κ2) is 19.6. The first-order chi connectivity index (χ1) is 9.54. The number of carboxylic acids is 2. The minimum absolute atomic E-state index is 0. The van der Waals surface area contributed by atoms with Crippen molar-refractivity contribution in [1.82, 2.24) is 0 Å². The van der Waals surface area contributed by atoms with Gasteiger partial charge in [-0.1, -0.05) is 36.5 Å². The van der Waals surface area contributed by atoms with Crippen LogP contribution in [0.1, 0.15) is 13.8 Å². The first-order valence-corrected chi connectivity index (χ1v) is 6.88. The van der Waals surface area contributed by atoms with Gasteiger partial charge in [-0.15, -0.1) is 0 Å². The van der Waals surface area contributed by atoms with E-state index >= 15 is 0 Å². The van der Waals surface area contributed by atoms with Gasteiger partial charge in [-0.25, -0.2) is 9.59 Å². The fraction of sp³-hybridized carbons (Fsp3) is 0.167. The maximum Gasteiger partial charge on any atom is 1.00 e. The molecule has 0 atom stereocenters. The van der Waals surface area contributed by atoms with Gasteiger partial charge in [0.15, 0.2) is 0 Å². The largest absolute Gasteiger partial charge is 1.00 e. The van der Waals surface area contributed by atoms with Crippen LogP contribution in [-0.4, -0.2) is 31.9 Å². The van der Waals surface area contributed by atoms with Gasteiger partial charge in [-0.05, 0) is 13.8 Å². The molecule has 0 aromatic rings. The number of carbonyl (C=O) groups is 2. The van der Waals surface area contributed by atoms with E-state index in [1.54, 1.807) is 24.3 Å². The molecule has 0 aliphatic heterocycles. The molecule has 10 heteroatoms. The quantitative estimate of drug-likeness (QED) is 0.197. The van der Waals surface area contributed by atoms with Crippen molar-refractivity contribution in [1.29, 1.82) is 0 Å². The maximum absolute atomic E-state index is 9.75. The van der Waals surface area contributed by atoms with E-state index < -0.39 is 19.8 Å². The zero-order chi connectivity index (χ0) is 17.3. The second-order valence-electron chi connectivity index (χ2n) is 2.94. The molecule has 120 valence electrons. The zero-order valence-electron chi connectivity index (χ0n) is 12.5. The second-order valence-corrected chi connectivity index (χ2v) is 3.92. The molecule has 8 nitrogen and oxygen atoms in total. The van der Waals surface area contributed by atoms with Crippen molar-refractivity contribution in [3.05, 3.63) is 48.6 Å². The van der Waals surface area contributed by atoms with Crippen LogP contribution in [-0.2, 0) is 14.2 Å². The van der Waals surface area contributed by atoms with Gasteiger partial charge in [0.25, 0.3) is 7.82 Å². The Morgan fingerprint density at radius 3 is 1.23 bits per heavy atom. The summed E-state index contributed by atoms with van der Waals surface area (Å²) >= 11 is 0. The molecule has 0 saturated heterocycles. The number of carboxylic acid groups (broad SMARTS) is 2. The van der Waals surface area contributed by atoms with Crippen molar-refractivity contribution in [2.24, 2.45) is 0 Å². The molecule has 0 aliphatic rings. The fourth-order valence-corrected chi connectivity index (χ4v) is 0.498. The summed E-state index contributed by atoms with van der Waals surface area (Å²) in [7, 11) is -4.89. The Balaban J connectivity index is -0.000000111. The summed E-state index contributed by atoms with van der Waals surface area (Å²) in [5.41, 5.74) is 0. The van der Waals surface area contributed by atoms with Crippen LogP contribution in [0.15, 0.2) is 48.6 Å². The fourth-order valence-electron chi connectivity index (χ4n) is 0.498. The molecule has 0 fully saturated rings. The Kier molecular flexibility index (Phi) is 25.6. The summed E-state index contributed by atoms with van der Waals surface area (Å²) in [6.45, 7) is 3.65. The standard InChI is InChI=1S/2C6H8O2.Li.H3O4P/c2*1-2-3-4-5-6(7)8;;1-5(2,3)4/h2*2-5H,1H3,(H,7,8);;(H3,1,2,3,4)/q;;+1;/p-1/b2*3-2+,5-4+;;. The molecule has 0 aliphatic carbocycles. The molecule has 0 saturated carbocycles. The molecule has 0 aromatic heterocycles. The number of rotatable bonds is 4. The van der Waals surface area contributed by atoms with E-state index in [-0.39, 0.29) is 18.9 Å². The van der Waals surface area contributed by atoms with E-state index in [1.807, 2.05) is 13.8 Å². The van der Waals surface area contributed by atoms with Gasteiger partial charge in [-0.3, -0.25) is 4.57 Å². The summed E-state index contributed by atoms with van der Waals surface area (Å²) in [5.74, 6) is -1.83. The Morgan fingerprint density at radius 1 is 0.864 bits per heavy atom. The number of hydrogen-bond acceptors (Lipinski definition) is 4. The molecule has 0 spiro atoms. The predicted octanol–water partition coefficient (Wildman–Crippen LogP) is -2.15. The molecule has 22 heavy (non-hydrogen) atoms. The van der Waals surface area contributed by atoms with E-state index in [1.165, 1.54) is 12.2 Å². The molecular weight excluding hydrogens is 310 g/mol. The van der Waals surface area contributed by atoms with Gasteiger partial charge in [0.05, 0.1) is 0 Å². The Hall–Kier alpha value is -1.39. The minimum atomic E-state index is -4.89. The van der Waals surface area contributed by atoms with Crippen molar-refractivity contribution < 1.29 is 57.9 Å². The van der Waals surface area contributed by atoms with Crippen molar-refractivity contribution in [3.63, 3.8) is 0 Å². The SMILES string of the molecule is C/C=C/C=C/C(=O)O.C/C=C/C=C/C(=O)O.O=P([O-])(O)O.[Li+]. The first kappa shape index (κ1) is 28.7. The Labute approximate surface area is 140 Å². The molecule has 0 bridgehead atoms. The molecule has 0 radical (unpaired) electrons. The molecule has 0 unspecified atom stereocenters. The summed E-state index contributed by atoms with van der Waals surface area (Å²) in [4.78, 5) is 42.4. The average Bonchev–Trinajstić information content (AvgIpc) is 2.27. The zero-order valence-corrected chi connectivity index (χ0v) is 13.4. The third-order valence-electron chi connectivity index (χ3n) is 1.08. The first-order valence-electron chi connectivity index (χ1n) is 5.35. The van der Waals surface area contributed by atoms with Gasteiger partial charge in [0.1, 0.15) is 0 Å². The summed E-state index contributed by atoms with van der Waals surface area (Å²) in [6.07, 6.45) is 12.0. The van der Waals surface area contributed by atoms with Crippen molar-refractivity contribution >= 4 is 19.8 Å². The summed E-state index contributed by atoms with van der Waals surface area (Å²) < 4.78 is 8.77. The average molecular weight is 328 g/mol. The van der Waals surface area contributed by atoms with Crippen LogP contribution < -0.4 is 23.8 Å². The normalized spacial score (nSPS) is 10.8. The molecule has 0 amide bonds. The van der Waals surface area contributed by atoms with Crippen molar-refractivity contribution in [2.45, 2.75) is 13.8 Å². The topological polar surface area (TPSA) is 155 Å². The van der Waals surface area contributed by atoms with Crippen LogP contribution in [0.4, 0.5) is 0 Å². The molecule has 0 aromatic carbocycles. The van der Waals surface area contributed by atoms with Gasteiger partial charge in [0.2, 0.25) is 0 Å². The van der Waals surface area contributed by atoms with Gasteiger partial charge in [0, 0.05) is 12.2 Å². The van der Waals surface area contributed by atoms with Crippen LogP contribution >= 0.6 is 7.82 Å². The van der Waals surface area contributed by atoms with Crippen LogP contribution in [0.25, 0.3) is 0 Å². The number of phosphoric acid groups is 1. The van der Waals surface area contributed by atoms with Gasteiger partial charge in [-0.2, -0.15) is 0 Å². The molecule has 0 heterocycles. The van der Waals surface area contributed by atoms with E-state index in [0.717, 1.165) is 12.2 Å². The maximum atomic E-state index is 9.75. The number of allylic oxidation sites excluding steroid dienone is 6. The minimum Gasteiger partial charge on any atom is -0.756 e. The Bertz CT molecular complexity index is 408. The molecule has 4 N–H and O–H groups in total. The van der Waals surface area contributed by atoms with Crippen molar-refractivity contribution in [2.75, 3.05) is 0 Å². The van der Waals surface area contributed by atoms with E-state index in [0.29, 0.717) is 0 Å². The van der Waals surface area contributed by atoms with E-state index in [9.17, 15) is 9.59 Å². The van der Waals surface area contributed by atoms with Crippen LogP contribution in [0.5, 0.6) is 0 Å². The molecule has 0 rings (SSSR count). The Morgan fingerprint density at radius 2 is 1.09 bits per heavy atom. The predicted molar refractivity (Wildman–Crippen MR) is 75.2 cm³/mol. The van der Waals surface area contributed by atoms with Gasteiger partial charge >= 0.3 is 30.8 Å². The van der Waals surface area contributed by atoms with Crippen LogP contribution in [0.3, 0.4) is 0 Å². The van der Waals surface area contributed by atoms with E-state index in [2.05, 4.69) is 0 Å². The number of hydrogen-bond donors (Lipinski definition) is 4. The van der Waals surface area contributed by atoms with Gasteiger partial charge < -0.3 is 24.9 Å². The monoisotopic (exact) mass is 328 g/mol. The van der Waals surface area contributed by atoms with Crippen molar-refractivity contribution in [3.8, 4) is 0 Å². The summed E-state index contributed by atoms with van der Waals surface area (Å²) in [5, 5.41) is 16.0.